The van der Waals surface area contributed by atoms with Gasteiger partial charge in [-0.1, -0.05) is 36.2 Å². The van der Waals surface area contributed by atoms with E-state index in [1.807, 2.05) is 13.0 Å². The van der Waals surface area contributed by atoms with Crippen molar-refractivity contribution in [1.82, 2.24) is 0 Å². The van der Waals surface area contributed by atoms with Crippen LogP contribution in [0.5, 0.6) is 11.5 Å². The molecule has 2 aromatic rings. The first-order chi connectivity index (χ1) is 13.0. The number of benzene rings is 2. The molecule has 1 heterocycles. The van der Waals surface area contributed by atoms with Crippen LogP contribution in [0.15, 0.2) is 47.1 Å². The van der Waals surface area contributed by atoms with Gasteiger partial charge in [0.15, 0.2) is 17.2 Å². The van der Waals surface area contributed by atoms with Crippen LogP contribution < -0.4 is 9.47 Å². The summed E-state index contributed by atoms with van der Waals surface area (Å²) in [6.45, 7) is 2.62. The van der Waals surface area contributed by atoms with E-state index in [1.54, 1.807) is 43.5 Å². The number of aliphatic imine (C=N–C) groups is 1. The van der Waals surface area contributed by atoms with E-state index >= 15 is 0 Å². The highest BCUT2D eigenvalue weighted by Gasteiger charge is 2.25. The summed E-state index contributed by atoms with van der Waals surface area (Å²) in [5.41, 5.74) is 1.40. The van der Waals surface area contributed by atoms with E-state index in [1.165, 1.54) is 0 Å². The molecular formula is C20H17Cl2NO4. The van der Waals surface area contributed by atoms with E-state index in [0.717, 1.165) is 12.0 Å². The zero-order chi connectivity index (χ0) is 19.4. The summed E-state index contributed by atoms with van der Waals surface area (Å²) in [6, 6.07) is 10.3. The van der Waals surface area contributed by atoms with Crippen LogP contribution in [0.4, 0.5) is 0 Å². The zero-order valence-corrected chi connectivity index (χ0v) is 16.3. The van der Waals surface area contributed by atoms with E-state index in [9.17, 15) is 4.79 Å². The van der Waals surface area contributed by atoms with Crippen LogP contribution in [-0.4, -0.2) is 25.6 Å². The Bertz CT molecular complexity index is 938. The van der Waals surface area contributed by atoms with Crippen molar-refractivity contribution in [3.05, 3.63) is 63.3 Å². The summed E-state index contributed by atoms with van der Waals surface area (Å²) in [7, 11) is 1.56. The molecule has 0 radical (unpaired) electrons. The summed E-state index contributed by atoms with van der Waals surface area (Å²) >= 11 is 12.1. The quantitative estimate of drug-likeness (QED) is 0.493. The Labute approximate surface area is 167 Å². The van der Waals surface area contributed by atoms with Crippen molar-refractivity contribution in [2.45, 2.75) is 13.3 Å². The van der Waals surface area contributed by atoms with Crippen LogP contribution in [0.1, 0.15) is 24.5 Å². The van der Waals surface area contributed by atoms with Crippen molar-refractivity contribution in [3.8, 4) is 11.5 Å². The van der Waals surface area contributed by atoms with Crippen molar-refractivity contribution in [2.75, 3.05) is 13.7 Å². The number of carbonyl (C=O) groups excluding carboxylic acids is 1. The number of hydrogen-bond donors (Lipinski definition) is 0. The number of nitrogens with zero attached hydrogens (tertiary/aromatic N) is 1. The molecule has 5 nitrogen and oxygen atoms in total. The van der Waals surface area contributed by atoms with Gasteiger partial charge >= 0.3 is 5.97 Å². The SMILES string of the molecule is CCCOc1ccc(/C=C2/N=C(c3ccc(Cl)cc3Cl)OC2=O)cc1OC. The van der Waals surface area contributed by atoms with Crippen molar-refractivity contribution in [1.29, 1.82) is 0 Å². The molecule has 0 atom stereocenters. The van der Waals surface area contributed by atoms with Gasteiger partial charge in [-0.15, -0.1) is 0 Å². The minimum atomic E-state index is -0.554. The molecule has 0 N–H and O–H groups in total. The summed E-state index contributed by atoms with van der Waals surface area (Å²) in [5.74, 6) is 0.811. The standard InChI is InChI=1S/C20H17Cl2NO4/c1-3-8-26-17-7-4-12(10-18(17)25-2)9-16-20(24)27-19(23-16)14-6-5-13(21)11-15(14)22/h4-7,9-11H,3,8H2,1-2H3/b16-9+. The molecule has 1 aliphatic heterocycles. The van der Waals surface area contributed by atoms with Crippen molar-refractivity contribution in [2.24, 2.45) is 4.99 Å². The molecule has 140 valence electrons. The topological polar surface area (TPSA) is 57.1 Å². The molecule has 2 aromatic carbocycles. The van der Waals surface area contributed by atoms with Crippen LogP contribution in [0, 0.1) is 0 Å². The van der Waals surface area contributed by atoms with E-state index < -0.39 is 5.97 Å². The molecule has 0 bridgehead atoms. The number of hydrogen-bond acceptors (Lipinski definition) is 5. The Morgan fingerprint density at radius 1 is 1.15 bits per heavy atom. The molecule has 0 aliphatic carbocycles. The smallest absolute Gasteiger partial charge is 0.363 e. The molecule has 7 heteroatoms. The largest absolute Gasteiger partial charge is 0.493 e. The average Bonchev–Trinajstić information content (AvgIpc) is 3.00. The monoisotopic (exact) mass is 405 g/mol. The first-order valence-electron chi connectivity index (χ1n) is 8.30. The summed E-state index contributed by atoms with van der Waals surface area (Å²) in [6.07, 6.45) is 2.51. The lowest BCUT2D eigenvalue weighted by Gasteiger charge is -2.10. The molecular weight excluding hydrogens is 389 g/mol. The minimum absolute atomic E-state index is 0.141. The Balaban J connectivity index is 1.90. The molecule has 0 aromatic heterocycles. The van der Waals surface area contributed by atoms with Crippen molar-refractivity contribution < 1.29 is 19.0 Å². The fraction of sp³-hybridized carbons (Fsp3) is 0.200. The lowest BCUT2D eigenvalue weighted by molar-refractivity contribution is -0.129. The van der Waals surface area contributed by atoms with Crippen LogP contribution in [0.2, 0.25) is 10.0 Å². The fourth-order valence-corrected chi connectivity index (χ4v) is 2.94. The molecule has 27 heavy (non-hydrogen) atoms. The minimum Gasteiger partial charge on any atom is -0.493 e. The van der Waals surface area contributed by atoms with Gasteiger partial charge in [0, 0.05) is 5.02 Å². The molecule has 0 spiro atoms. The third kappa shape index (κ3) is 4.43. The fourth-order valence-electron chi connectivity index (χ4n) is 2.45. The highest BCUT2D eigenvalue weighted by atomic mass is 35.5. The Morgan fingerprint density at radius 2 is 1.96 bits per heavy atom. The van der Waals surface area contributed by atoms with Crippen molar-refractivity contribution >= 4 is 41.1 Å². The van der Waals surface area contributed by atoms with Gasteiger partial charge in [-0.3, -0.25) is 0 Å². The van der Waals surface area contributed by atoms with Crippen molar-refractivity contribution in [3.63, 3.8) is 0 Å². The van der Waals surface area contributed by atoms with Crippen LogP contribution in [-0.2, 0) is 9.53 Å². The van der Waals surface area contributed by atoms with Gasteiger partial charge in [0.2, 0.25) is 5.90 Å². The lowest BCUT2D eigenvalue weighted by atomic mass is 10.1. The number of rotatable bonds is 6. The van der Waals surface area contributed by atoms with Crippen LogP contribution >= 0.6 is 23.2 Å². The zero-order valence-electron chi connectivity index (χ0n) is 14.8. The molecule has 0 saturated heterocycles. The summed E-state index contributed by atoms with van der Waals surface area (Å²) in [5, 5.41) is 0.844. The van der Waals surface area contributed by atoms with Crippen LogP contribution in [0.3, 0.4) is 0 Å². The van der Waals surface area contributed by atoms with E-state index in [0.29, 0.717) is 33.7 Å². The highest BCUT2D eigenvalue weighted by Crippen LogP contribution is 2.30. The average molecular weight is 406 g/mol. The molecule has 0 amide bonds. The number of cyclic esters (lactones) is 1. The first-order valence-corrected chi connectivity index (χ1v) is 9.06. The maximum absolute atomic E-state index is 12.2. The molecule has 0 fully saturated rings. The number of carbonyl (C=O) groups is 1. The molecule has 1 aliphatic rings. The Morgan fingerprint density at radius 3 is 2.67 bits per heavy atom. The third-order valence-corrected chi connectivity index (χ3v) is 4.28. The Kier molecular flexibility index (Phi) is 6.04. The summed E-state index contributed by atoms with van der Waals surface area (Å²) < 4.78 is 16.2. The second kappa shape index (κ2) is 8.46. The normalized spacial score (nSPS) is 14.9. The van der Waals surface area contributed by atoms with E-state index in [-0.39, 0.29) is 11.6 Å². The molecule has 3 rings (SSSR count). The van der Waals surface area contributed by atoms with Gasteiger partial charge in [0.05, 0.1) is 24.3 Å². The predicted molar refractivity (Wildman–Crippen MR) is 106 cm³/mol. The number of methoxy groups -OCH3 is 1. The second-order valence-corrected chi connectivity index (χ2v) is 6.56. The molecule has 0 unspecified atom stereocenters. The van der Waals surface area contributed by atoms with Gasteiger partial charge in [0.25, 0.3) is 0 Å². The van der Waals surface area contributed by atoms with Gasteiger partial charge in [-0.2, -0.15) is 0 Å². The lowest BCUT2D eigenvalue weighted by Crippen LogP contribution is -2.05. The number of halogens is 2. The molecule has 0 saturated carbocycles. The van der Waals surface area contributed by atoms with Gasteiger partial charge in [-0.05, 0) is 48.4 Å². The maximum Gasteiger partial charge on any atom is 0.363 e. The van der Waals surface area contributed by atoms with E-state index in [4.69, 9.17) is 37.4 Å². The number of ether oxygens (including phenoxy) is 3. The second-order valence-electron chi connectivity index (χ2n) is 5.72. The third-order valence-electron chi connectivity index (χ3n) is 3.73. The van der Waals surface area contributed by atoms with Gasteiger partial charge in [-0.25, -0.2) is 9.79 Å². The van der Waals surface area contributed by atoms with Gasteiger partial charge in [0.1, 0.15) is 0 Å². The summed E-state index contributed by atoms with van der Waals surface area (Å²) in [4.78, 5) is 16.4. The van der Waals surface area contributed by atoms with E-state index in [2.05, 4.69) is 4.99 Å². The van der Waals surface area contributed by atoms with Gasteiger partial charge < -0.3 is 14.2 Å². The Hall–Kier alpha value is -2.50. The first kappa shape index (κ1) is 19.3. The maximum atomic E-state index is 12.2. The predicted octanol–water partition coefficient (Wildman–Crippen LogP) is 5.14. The number of esters is 1. The highest BCUT2D eigenvalue weighted by molar-refractivity contribution is 6.37. The van der Waals surface area contributed by atoms with Crippen LogP contribution in [0.25, 0.3) is 6.08 Å².